The Kier molecular flexibility index (Phi) is 3.31. The first-order chi connectivity index (χ1) is 7.34. The van der Waals surface area contributed by atoms with Gasteiger partial charge in [0.05, 0.1) is 0 Å². The van der Waals surface area contributed by atoms with Crippen LogP contribution in [0.4, 0.5) is 5.82 Å². The van der Waals surface area contributed by atoms with E-state index in [9.17, 15) is 4.79 Å². The Labute approximate surface area is 94.0 Å². The number of aryl methyl sites for hydroxylation is 1. The highest BCUT2D eigenvalue weighted by Crippen LogP contribution is 2.16. The lowest BCUT2D eigenvalue weighted by Crippen LogP contribution is -2.27. The molecule has 6 heteroatoms. The molecular weight excluding hydrogens is 208 g/mol. The number of hydrogen-bond acceptors (Lipinski definition) is 4. The number of amides is 1. The number of imidazole rings is 1. The zero-order valence-corrected chi connectivity index (χ0v) is 9.85. The van der Waals surface area contributed by atoms with Crippen LogP contribution in [0.2, 0.25) is 0 Å². The summed E-state index contributed by atoms with van der Waals surface area (Å²) in [6, 6.07) is 0. The molecule has 0 saturated heterocycles. The first-order valence-electron chi connectivity index (χ1n) is 4.87. The minimum Gasteiger partial charge on any atom is -0.411 e. The van der Waals surface area contributed by atoms with Gasteiger partial charge in [-0.15, -0.1) is 0 Å². The molecule has 6 nitrogen and oxygen atoms in total. The molecule has 1 rings (SSSR count). The van der Waals surface area contributed by atoms with Crippen molar-refractivity contribution < 1.29 is 10.0 Å². The topological polar surface area (TPSA) is 79.5 Å². The number of carbonyl (C=O) groups is 1. The Hall–Kier alpha value is -1.85. The molecule has 0 radical (unpaired) electrons. The number of oxime groups is 1. The van der Waals surface area contributed by atoms with Gasteiger partial charge in [0.1, 0.15) is 6.21 Å². The Bertz CT molecular complexity index is 415. The number of rotatable bonds is 2. The number of anilines is 1. The molecule has 0 spiro atoms. The third kappa shape index (κ3) is 2.82. The third-order valence-electron chi connectivity index (χ3n) is 2.01. The standard InChI is InChI=1S/C10H16N4O2/c1-10(2,3)9(15)13-7-6-14(4)8(12-7)5-11-16/h5-6,16H,1-4H3,(H,13,15)/b11-5+. The maximum absolute atomic E-state index is 11.7. The second-order valence-corrected chi connectivity index (χ2v) is 4.54. The molecule has 0 aliphatic heterocycles. The van der Waals surface area contributed by atoms with Gasteiger partial charge in [0, 0.05) is 18.7 Å². The van der Waals surface area contributed by atoms with Gasteiger partial charge in [-0.3, -0.25) is 4.79 Å². The maximum Gasteiger partial charge on any atom is 0.230 e. The van der Waals surface area contributed by atoms with Crippen molar-refractivity contribution in [2.75, 3.05) is 5.32 Å². The Morgan fingerprint density at radius 3 is 2.75 bits per heavy atom. The molecule has 0 saturated carbocycles. The molecule has 0 aliphatic carbocycles. The molecular formula is C10H16N4O2. The molecule has 0 bridgehead atoms. The lowest BCUT2D eigenvalue weighted by Gasteiger charge is -2.16. The zero-order valence-electron chi connectivity index (χ0n) is 9.85. The molecule has 2 N–H and O–H groups in total. The Morgan fingerprint density at radius 2 is 2.25 bits per heavy atom. The van der Waals surface area contributed by atoms with Crippen LogP contribution >= 0.6 is 0 Å². The number of aromatic nitrogens is 2. The van der Waals surface area contributed by atoms with Crippen LogP contribution in [0.25, 0.3) is 0 Å². The van der Waals surface area contributed by atoms with Crippen LogP contribution in [0.5, 0.6) is 0 Å². The lowest BCUT2D eigenvalue weighted by molar-refractivity contribution is -0.123. The summed E-state index contributed by atoms with van der Waals surface area (Å²) >= 11 is 0. The average molecular weight is 224 g/mol. The molecule has 1 aromatic heterocycles. The van der Waals surface area contributed by atoms with Gasteiger partial charge in [0.15, 0.2) is 11.6 Å². The second kappa shape index (κ2) is 4.34. The van der Waals surface area contributed by atoms with Crippen LogP contribution in [0.3, 0.4) is 0 Å². The van der Waals surface area contributed by atoms with Crippen molar-refractivity contribution in [3.8, 4) is 0 Å². The molecule has 88 valence electrons. The van der Waals surface area contributed by atoms with Gasteiger partial charge < -0.3 is 15.1 Å². The van der Waals surface area contributed by atoms with Crippen LogP contribution in [0.15, 0.2) is 11.4 Å². The van der Waals surface area contributed by atoms with Gasteiger partial charge in [0.2, 0.25) is 5.91 Å². The first kappa shape index (κ1) is 12.2. The van der Waals surface area contributed by atoms with E-state index < -0.39 is 5.41 Å². The summed E-state index contributed by atoms with van der Waals surface area (Å²) in [5, 5.41) is 14.0. The summed E-state index contributed by atoms with van der Waals surface area (Å²) in [7, 11) is 1.75. The monoisotopic (exact) mass is 224 g/mol. The largest absolute Gasteiger partial charge is 0.411 e. The molecule has 1 aromatic rings. The van der Waals surface area contributed by atoms with Crippen molar-refractivity contribution in [1.29, 1.82) is 0 Å². The van der Waals surface area contributed by atoms with Crippen molar-refractivity contribution >= 4 is 17.9 Å². The van der Waals surface area contributed by atoms with Crippen molar-refractivity contribution in [2.24, 2.45) is 17.6 Å². The number of hydrogen-bond donors (Lipinski definition) is 2. The van der Waals surface area contributed by atoms with E-state index in [2.05, 4.69) is 15.5 Å². The predicted molar refractivity (Wildman–Crippen MR) is 60.7 cm³/mol. The smallest absolute Gasteiger partial charge is 0.230 e. The quantitative estimate of drug-likeness (QED) is 0.450. The van der Waals surface area contributed by atoms with Crippen molar-refractivity contribution in [3.63, 3.8) is 0 Å². The van der Waals surface area contributed by atoms with E-state index in [1.165, 1.54) is 6.21 Å². The van der Waals surface area contributed by atoms with E-state index >= 15 is 0 Å². The second-order valence-electron chi connectivity index (χ2n) is 4.54. The number of nitrogens with one attached hydrogen (secondary N) is 1. The van der Waals surface area contributed by atoms with Crippen LogP contribution < -0.4 is 5.32 Å². The van der Waals surface area contributed by atoms with Crippen molar-refractivity contribution in [2.45, 2.75) is 20.8 Å². The van der Waals surface area contributed by atoms with E-state index in [1.807, 2.05) is 20.8 Å². The van der Waals surface area contributed by atoms with Gasteiger partial charge in [-0.2, -0.15) is 0 Å². The fourth-order valence-corrected chi connectivity index (χ4v) is 1.02. The molecule has 1 heterocycles. The highest BCUT2D eigenvalue weighted by atomic mass is 16.4. The Morgan fingerprint density at radius 1 is 1.62 bits per heavy atom. The third-order valence-corrected chi connectivity index (χ3v) is 2.01. The van der Waals surface area contributed by atoms with E-state index in [0.717, 1.165) is 0 Å². The van der Waals surface area contributed by atoms with E-state index in [1.54, 1.807) is 17.8 Å². The van der Waals surface area contributed by atoms with E-state index in [0.29, 0.717) is 11.6 Å². The maximum atomic E-state index is 11.7. The van der Waals surface area contributed by atoms with Crippen LogP contribution in [0, 0.1) is 5.41 Å². The number of nitrogens with zero attached hydrogens (tertiary/aromatic N) is 3. The molecule has 1 amide bonds. The normalized spacial score (nSPS) is 12.0. The zero-order chi connectivity index (χ0) is 12.3. The fourth-order valence-electron chi connectivity index (χ4n) is 1.02. The van der Waals surface area contributed by atoms with E-state index in [-0.39, 0.29) is 5.91 Å². The van der Waals surface area contributed by atoms with Crippen molar-refractivity contribution in [1.82, 2.24) is 9.55 Å². The van der Waals surface area contributed by atoms with Gasteiger partial charge in [-0.25, -0.2) is 4.98 Å². The van der Waals surface area contributed by atoms with E-state index in [4.69, 9.17) is 5.21 Å². The molecule has 0 aromatic carbocycles. The summed E-state index contributed by atoms with van der Waals surface area (Å²) in [5.74, 6) is 0.794. The summed E-state index contributed by atoms with van der Waals surface area (Å²) in [6.45, 7) is 5.46. The van der Waals surface area contributed by atoms with Crippen molar-refractivity contribution in [3.05, 3.63) is 12.0 Å². The minimum atomic E-state index is -0.469. The highest BCUT2D eigenvalue weighted by Gasteiger charge is 2.22. The summed E-state index contributed by atoms with van der Waals surface area (Å²) in [6.07, 6.45) is 2.85. The molecule has 0 atom stereocenters. The summed E-state index contributed by atoms with van der Waals surface area (Å²) < 4.78 is 1.65. The molecule has 0 unspecified atom stereocenters. The van der Waals surface area contributed by atoms with Gasteiger partial charge in [-0.05, 0) is 0 Å². The van der Waals surface area contributed by atoms with Crippen LogP contribution in [0.1, 0.15) is 26.6 Å². The first-order valence-corrected chi connectivity index (χ1v) is 4.87. The summed E-state index contributed by atoms with van der Waals surface area (Å²) in [5.41, 5.74) is -0.469. The highest BCUT2D eigenvalue weighted by molar-refractivity contribution is 5.94. The average Bonchev–Trinajstić information content (AvgIpc) is 2.46. The predicted octanol–water partition coefficient (Wildman–Crippen LogP) is 1.21. The summed E-state index contributed by atoms with van der Waals surface area (Å²) in [4.78, 5) is 15.7. The SMILES string of the molecule is Cn1cc(NC(=O)C(C)(C)C)nc1/C=N/O. The van der Waals surface area contributed by atoms with Crippen LogP contribution in [-0.4, -0.2) is 26.9 Å². The lowest BCUT2D eigenvalue weighted by atomic mass is 9.96. The van der Waals surface area contributed by atoms with Gasteiger partial charge >= 0.3 is 0 Å². The van der Waals surface area contributed by atoms with Gasteiger partial charge in [0.25, 0.3) is 0 Å². The molecule has 0 fully saturated rings. The van der Waals surface area contributed by atoms with Gasteiger partial charge in [-0.1, -0.05) is 25.9 Å². The minimum absolute atomic E-state index is 0.113. The fraction of sp³-hybridized carbons (Fsp3) is 0.500. The number of carbonyl (C=O) groups excluding carboxylic acids is 1. The Balaban J connectivity index is 2.84. The van der Waals surface area contributed by atoms with Crippen LogP contribution in [-0.2, 0) is 11.8 Å². The molecule has 0 aliphatic rings. The molecule has 16 heavy (non-hydrogen) atoms.